The largest absolute Gasteiger partial charge is 0.508 e. The van der Waals surface area contributed by atoms with E-state index in [1.54, 1.807) is 12.1 Å². The van der Waals surface area contributed by atoms with Crippen molar-refractivity contribution in [2.45, 2.75) is 12.1 Å². The Morgan fingerprint density at radius 2 is 0.844 bits per heavy atom. The molecule has 2 unspecified atom stereocenters. The van der Waals surface area contributed by atoms with Crippen LogP contribution in [0, 0.1) is 0 Å². The number of benzene rings is 4. The molecular formula is C26H22N2O4. The lowest BCUT2D eigenvalue weighted by Gasteiger charge is -2.18. The molecule has 4 aromatic rings. The van der Waals surface area contributed by atoms with E-state index in [1.807, 2.05) is 60.7 Å². The zero-order valence-electron chi connectivity index (χ0n) is 17.1. The lowest BCUT2D eigenvalue weighted by atomic mass is 9.97. The Bertz CT molecular complexity index is 1130. The van der Waals surface area contributed by atoms with E-state index >= 15 is 0 Å². The molecule has 4 rings (SSSR count). The molecule has 6 heteroatoms. The van der Waals surface area contributed by atoms with Crippen molar-refractivity contribution in [3.8, 4) is 23.0 Å². The van der Waals surface area contributed by atoms with Crippen molar-refractivity contribution in [1.29, 1.82) is 0 Å². The molecule has 32 heavy (non-hydrogen) atoms. The second-order valence-electron chi connectivity index (χ2n) is 7.34. The van der Waals surface area contributed by atoms with E-state index in [-0.39, 0.29) is 23.0 Å². The molecule has 0 amide bonds. The van der Waals surface area contributed by atoms with Crippen molar-refractivity contribution in [2.24, 2.45) is 10.2 Å². The first-order valence-electron chi connectivity index (χ1n) is 10.1. The minimum atomic E-state index is -0.637. The summed E-state index contributed by atoms with van der Waals surface area (Å²) in [5, 5.41) is 49.5. The third-order valence-electron chi connectivity index (χ3n) is 5.15. The first-order chi connectivity index (χ1) is 15.5. The molecule has 0 radical (unpaired) electrons. The molecule has 4 N–H and O–H groups in total. The molecule has 0 aliphatic carbocycles. The molecule has 0 saturated carbocycles. The van der Waals surface area contributed by atoms with Crippen LogP contribution in [0.25, 0.3) is 0 Å². The molecule has 160 valence electrons. The summed E-state index contributed by atoms with van der Waals surface area (Å²) in [5.74, 6) is -0.291. The standard InChI is InChI=1S/C26H22N2O4/c29-19-11-13-21(23(31)15-19)25(17-7-3-1-4-8-17)27-28-26(18-9-5-2-6-10-18)22-14-12-20(30)16-24(22)32/h1-16,25-26,29-32H. The lowest BCUT2D eigenvalue weighted by Crippen LogP contribution is -2.02. The van der Waals surface area contributed by atoms with Crippen LogP contribution in [0.4, 0.5) is 0 Å². The minimum Gasteiger partial charge on any atom is -0.508 e. The molecule has 6 nitrogen and oxygen atoms in total. The fourth-order valence-corrected chi connectivity index (χ4v) is 3.55. The van der Waals surface area contributed by atoms with E-state index in [9.17, 15) is 20.4 Å². The number of phenolic OH excluding ortho intramolecular Hbond substituents is 4. The summed E-state index contributed by atoms with van der Waals surface area (Å²) in [6, 6.07) is 26.2. The fraction of sp³-hybridized carbons (Fsp3) is 0.0769. The van der Waals surface area contributed by atoms with E-state index in [1.165, 1.54) is 24.3 Å². The molecular weight excluding hydrogens is 404 g/mol. The summed E-state index contributed by atoms with van der Waals surface area (Å²) in [6.45, 7) is 0. The maximum Gasteiger partial charge on any atom is 0.125 e. The number of phenols is 4. The Labute approximate surface area is 185 Å². The monoisotopic (exact) mass is 426 g/mol. The predicted octanol–water partition coefficient (Wildman–Crippen LogP) is 5.84. The topological polar surface area (TPSA) is 106 Å². The second-order valence-corrected chi connectivity index (χ2v) is 7.34. The Kier molecular flexibility index (Phi) is 6.03. The average Bonchev–Trinajstić information content (AvgIpc) is 2.80. The third-order valence-corrected chi connectivity index (χ3v) is 5.15. The van der Waals surface area contributed by atoms with Crippen LogP contribution in [0.5, 0.6) is 23.0 Å². The van der Waals surface area contributed by atoms with Crippen LogP contribution in [-0.4, -0.2) is 20.4 Å². The summed E-state index contributed by atoms with van der Waals surface area (Å²) >= 11 is 0. The zero-order valence-corrected chi connectivity index (χ0v) is 17.1. The average molecular weight is 426 g/mol. The molecule has 0 bridgehead atoms. The van der Waals surface area contributed by atoms with Crippen molar-refractivity contribution in [1.82, 2.24) is 0 Å². The highest BCUT2D eigenvalue weighted by atomic mass is 16.3. The highest BCUT2D eigenvalue weighted by Crippen LogP contribution is 2.38. The van der Waals surface area contributed by atoms with E-state index in [0.717, 1.165) is 11.1 Å². The summed E-state index contributed by atoms with van der Waals surface area (Å²) in [6.07, 6.45) is 0. The molecule has 0 saturated heterocycles. The zero-order chi connectivity index (χ0) is 22.5. The van der Waals surface area contributed by atoms with Crippen LogP contribution in [0.15, 0.2) is 107 Å². The van der Waals surface area contributed by atoms with Crippen molar-refractivity contribution >= 4 is 0 Å². The third kappa shape index (κ3) is 4.54. The number of hydrogen-bond acceptors (Lipinski definition) is 6. The van der Waals surface area contributed by atoms with Crippen LogP contribution < -0.4 is 0 Å². The van der Waals surface area contributed by atoms with Gasteiger partial charge in [0.05, 0.1) is 0 Å². The predicted molar refractivity (Wildman–Crippen MR) is 121 cm³/mol. The van der Waals surface area contributed by atoms with Crippen LogP contribution in [0.3, 0.4) is 0 Å². The highest BCUT2D eigenvalue weighted by Gasteiger charge is 2.21. The molecule has 4 aromatic carbocycles. The van der Waals surface area contributed by atoms with E-state index < -0.39 is 12.1 Å². The maximum absolute atomic E-state index is 10.5. The molecule has 2 atom stereocenters. The Hall–Kier alpha value is -4.32. The summed E-state index contributed by atoms with van der Waals surface area (Å²) in [5.41, 5.74) is 2.58. The van der Waals surface area contributed by atoms with Gasteiger partial charge in [-0.2, -0.15) is 10.2 Å². The minimum absolute atomic E-state index is 0.0498. The Balaban J connectivity index is 1.82. The summed E-state index contributed by atoms with van der Waals surface area (Å²) < 4.78 is 0. The molecule has 0 spiro atoms. The summed E-state index contributed by atoms with van der Waals surface area (Å²) in [7, 11) is 0. The van der Waals surface area contributed by atoms with Gasteiger partial charge in [-0.1, -0.05) is 60.7 Å². The van der Waals surface area contributed by atoms with Gasteiger partial charge in [-0.25, -0.2) is 0 Å². The fourth-order valence-electron chi connectivity index (χ4n) is 3.55. The normalized spacial score (nSPS) is 13.1. The van der Waals surface area contributed by atoms with Gasteiger partial charge in [0.1, 0.15) is 35.1 Å². The van der Waals surface area contributed by atoms with Gasteiger partial charge in [0, 0.05) is 23.3 Å². The number of azo groups is 1. The van der Waals surface area contributed by atoms with E-state index in [4.69, 9.17) is 0 Å². The van der Waals surface area contributed by atoms with Gasteiger partial charge in [-0.05, 0) is 35.4 Å². The molecule has 0 aliphatic rings. The van der Waals surface area contributed by atoms with Crippen molar-refractivity contribution < 1.29 is 20.4 Å². The van der Waals surface area contributed by atoms with Gasteiger partial charge < -0.3 is 20.4 Å². The number of nitrogens with zero attached hydrogens (tertiary/aromatic N) is 2. The van der Waals surface area contributed by atoms with Gasteiger partial charge in [0.25, 0.3) is 0 Å². The van der Waals surface area contributed by atoms with E-state index in [0.29, 0.717) is 11.1 Å². The SMILES string of the molecule is Oc1ccc(C(N=NC(c2ccccc2)c2ccc(O)cc2O)c2ccccc2)c(O)c1. The Morgan fingerprint density at radius 3 is 1.19 bits per heavy atom. The number of hydrogen-bond donors (Lipinski definition) is 4. The first-order valence-corrected chi connectivity index (χ1v) is 10.1. The molecule has 0 aliphatic heterocycles. The van der Waals surface area contributed by atoms with Gasteiger partial charge in [-0.15, -0.1) is 0 Å². The second kappa shape index (κ2) is 9.22. The van der Waals surface area contributed by atoms with Gasteiger partial charge in [0.2, 0.25) is 0 Å². The van der Waals surface area contributed by atoms with Gasteiger partial charge >= 0.3 is 0 Å². The van der Waals surface area contributed by atoms with Crippen molar-refractivity contribution in [3.63, 3.8) is 0 Å². The van der Waals surface area contributed by atoms with E-state index in [2.05, 4.69) is 10.2 Å². The van der Waals surface area contributed by atoms with Gasteiger partial charge in [0.15, 0.2) is 0 Å². The maximum atomic E-state index is 10.5. The summed E-state index contributed by atoms with van der Waals surface area (Å²) in [4.78, 5) is 0. The Morgan fingerprint density at radius 1 is 0.469 bits per heavy atom. The lowest BCUT2D eigenvalue weighted by molar-refractivity contribution is 0.440. The number of aromatic hydroxyl groups is 4. The highest BCUT2D eigenvalue weighted by molar-refractivity contribution is 5.46. The molecule has 0 heterocycles. The molecule has 0 fully saturated rings. The van der Waals surface area contributed by atoms with Crippen molar-refractivity contribution in [3.05, 3.63) is 119 Å². The van der Waals surface area contributed by atoms with Crippen LogP contribution in [0.1, 0.15) is 34.3 Å². The van der Waals surface area contributed by atoms with Crippen LogP contribution >= 0.6 is 0 Å². The molecule has 0 aromatic heterocycles. The van der Waals surface area contributed by atoms with Gasteiger partial charge in [-0.3, -0.25) is 0 Å². The quantitative estimate of drug-likeness (QED) is 0.291. The van der Waals surface area contributed by atoms with Crippen molar-refractivity contribution in [2.75, 3.05) is 0 Å². The number of rotatable bonds is 6. The van der Waals surface area contributed by atoms with Crippen LogP contribution in [-0.2, 0) is 0 Å². The first kappa shape index (κ1) is 20.9. The smallest absolute Gasteiger partial charge is 0.125 e. The van der Waals surface area contributed by atoms with Crippen LogP contribution in [0.2, 0.25) is 0 Å².